The molecule has 2 N–H and O–H groups in total. The maximum Gasteiger partial charge on any atom is 0.232 e. The van der Waals surface area contributed by atoms with Gasteiger partial charge in [-0.05, 0) is 106 Å². The zero-order valence-electron chi connectivity index (χ0n) is 14.5. The van der Waals surface area contributed by atoms with Crippen molar-refractivity contribution in [2.24, 2.45) is 23.2 Å². The summed E-state index contributed by atoms with van der Waals surface area (Å²) in [6, 6.07) is 6.23. The highest BCUT2D eigenvalue weighted by Crippen LogP contribution is 2.60. The maximum atomic E-state index is 13.0. The Bertz CT molecular complexity index is 641. The maximum absolute atomic E-state index is 13.0. The monoisotopic (exact) mass is 342 g/mol. The zero-order valence-corrected chi connectivity index (χ0v) is 15.3. The van der Waals surface area contributed by atoms with Gasteiger partial charge in [0.25, 0.3) is 0 Å². The third kappa shape index (κ3) is 2.97. The molecular weight excluding hydrogens is 316 g/mol. The molecule has 4 heteroatoms. The van der Waals surface area contributed by atoms with Crippen molar-refractivity contribution in [3.63, 3.8) is 0 Å². The molecule has 128 valence electrons. The lowest BCUT2D eigenvalue weighted by Crippen LogP contribution is -2.55. The predicted molar refractivity (Wildman–Crippen MR) is 101 cm³/mol. The van der Waals surface area contributed by atoms with E-state index in [1.54, 1.807) is 0 Å². The third-order valence-electron chi connectivity index (χ3n) is 6.23. The second-order valence-corrected chi connectivity index (χ2v) is 8.89. The van der Waals surface area contributed by atoms with Crippen LogP contribution in [0.2, 0.25) is 0 Å². The van der Waals surface area contributed by atoms with Crippen LogP contribution in [0.25, 0.3) is 0 Å². The SMILES string of the molecule is Cc1cc(C)cc(NC(=S)NC(=O)C23CC4CC(CC(C4)C2)C3)c1. The molecule has 5 rings (SSSR count). The highest BCUT2D eigenvalue weighted by Gasteiger charge is 2.54. The van der Waals surface area contributed by atoms with Gasteiger partial charge in [0.15, 0.2) is 5.11 Å². The summed E-state index contributed by atoms with van der Waals surface area (Å²) in [5.41, 5.74) is 3.17. The van der Waals surface area contributed by atoms with E-state index in [9.17, 15) is 4.79 Å². The lowest BCUT2D eigenvalue weighted by molar-refractivity contribution is -0.144. The second kappa shape index (κ2) is 5.83. The van der Waals surface area contributed by atoms with E-state index in [1.807, 2.05) is 0 Å². The molecule has 4 fully saturated rings. The second-order valence-electron chi connectivity index (χ2n) is 8.48. The molecule has 1 aromatic carbocycles. The number of amides is 1. The lowest BCUT2D eigenvalue weighted by atomic mass is 9.49. The van der Waals surface area contributed by atoms with Crippen molar-refractivity contribution in [2.45, 2.75) is 52.4 Å². The van der Waals surface area contributed by atoms with Gasteiger partial charge in [-0.1, -0.05) is 6.07 Å². The van der Waals surface area contributed by atoms with Gasteiger partial charge in [-0.25, -0.2) is 0 Å². The Morgan fingerprint density at radius 3 is 2.00 bits per heavy atom. The Morgan fingerprint density at radius 1 is 1.00 bits per heavy atom. The van der Waals surface area contributed by atoms with Crippen molar-refractivity contribution in [1.29, 1.82) is 0 Å². The molecule has 4 saturated carbocycles. The van der Waals surface area contributed by atoms with E-state index in [0.29, 0.717) is 5.11 Å². The first-order chi connectivity index (χ1) is 11.4. The number of hydrogen-bond acceptors (Lipinski definition) is 2. The van der Waals surface area contributed by atoms with Crippen LogP contribution in [-0.4, -0.2) is 11.0 Å². The van der Waals surface area contributed by atoms with Gasteiger partial charge in [0, 0.05) is 5.69 Å². The number of hydrogen-bond donors (Lipinski definition) is 2. The zero-order chi connectivity index (χ0) is 16.9. The number of rotatable bonds is 2. The molecule has 0 aliphatic heterocycles. The highest BCUT2D eigenvalue weighted by atomic mass is 32.1. The van der Waals surface area contributed by atoms with Gasteiger partial charge in [-0.2, -0.15) is 0 Å². The fourth-order valence-electron chi connectivity index (χ4n) is 5.83. The standard InChI is InChI=1S/C20H26N2OS/c1-12-3-13(2)5-17(4-12)21-19(24)22-18(23)20-9-14-6-15(10-20)8-16(7-14)11-20/h3-5,14-16H,6-11H2,1-2H3,(H2,21,22,23,24). The minimum absolute atomic E-state index is 0.150. The third-order valence-corrected chi connectivity index (χ3v) is 6.43. The van der Waals surface area contributed by atoms with Gasteiger partial charge in [0.2, 0.25) is 5.91 Å². The topological polar surface area (TPSA) is 41.1 Å². The largest absolute Gasteiger partial charge is 0.332 e. The Balaban J connectivity index is 1.43. The van der Waals surface area contributed by atoms with Crippen molar-refractivity contribution < 1.29 is 4.79 Å². The van der Waals surface area contributed by atoms with E-state index in [2.05, 4.69) is 42.7 Å². The lowest BCUT2D eigenvalue weighted by Gasteiger charge is -2.55. The molecule has 4 bridgehead atoms. The highest BCUT2D eigenvalue weighted by molar-refractivity contribution is 7.80. The Labute approximate surface area is 149 Å². The predicted octanol–water partition coefficient (Wildman–Crippen LogP) is 4.33. The van der Waals surface area contributed by atoms with Crippen molar-refractivity contribution in [3.8, 4) is 0 Å². The van der Waals surface area contributed by atoms with Crippen LogP contribution in [0.15, 0.2) is 18.2 Å². The molecule has 1 amide bonds. The number of benzene rings is 1. The first-order valence-electron chi connectivity index (χ1n) is 9.13. The Morgan fingerprint density at radius 2 is 1.50 bits per heavy atom. The first kappa shape index (κ1) is 16.1. The molecule has 0 atom stereocenters. The number of aryl methyl sites for hydroxylation is 2. The van der Waals surface area contributed by atoms with Crippen molar-refractivity contribution in [3.05, 3.63) is 29.3 Å². The summed E-state index contributed by atoms with van der Waals surface area (Å²) in [7, 11) is 0. The van der Waals surface area contributed by atoms with E-state index < -0.39 is 0 Å². The number of carbonyl (C=O) groups excluding carboxylic acids is 1. The minimum Gasteiger partial charge on any atom is -0.332 e. The summed E-state index contributed by atoms with van der Waals surface area (Å²) >= 11 is 5.41. The van der Waals surface area contributed by atoms with Crippen LogP contribution in [0.5, 0.6) is 0 Å². The van der Waals surface area contributed by atoms with Crippen LogP contribution in [0, 0.1) is 37.0 Å². The molecule has 0 heterocycles. The van der Waals surface area contributed by atoms with E-state index in [4.69, 9.17) is 12.2 Å². The molecule has 4 aliphatic rings. The summed E-state index contributed by atoms with van der Waals surface area (Å²) in [6.07, 6.45) is 7.23. The molecule has 0 radical (unpaired) electrons. The number of carbonyl (C=O) groups is 1. The quantitative estimate of drug-likeness (QED) is 0.786. The van der Waals surface area contributed by atoms with Crippen LogP contribution in [0.3, 0.4) is 0 Å². The summed E-state index contributed by atoms with van der Waals surface area (Å²) in [5.74, 6) is 2.46. The average Bonchev–Trinajstić information content (AvgIpc) is 2.44. The van der Waals surface area contributed by atoms with Crippen LogP contribution in [0.4, 0.5) is 5.69 Å². The molecule has 0 saturated heterocycles. The summed E-state index contributed by atoms with van der Waals surface area (Å²) in [4.78, 5) is 13.0. The molecule has 1 aromatic rings. The molecule has 0 unspecified atom stereocenters. The van der Waals surface area contributed by atoms with E-state index in [1.165, 1.54) is 30.4 Å². The van der Waals surface area contributed by atoms with Gasteiger partial charge in [-0.15, -0.1) is 0 Å². The number of thiocarbonyl (C=S) groups is 1. The van der Waals surface area contributed by atoms with Crippen LogP contribution in [0.1, 0.15) is 49.7 Å². The summed E-state index contributed by atoms with van der Waals surface area (Å²) < 4.78 is 0. The van der Waals surface area contributed by atoms with Gasteiger partial charge in [0.05, 0.1) is 5.41 Å². The average molecular weight is 343 g/mol. The van der Waals surface area contributed by atoms with E-state index in [-0.39, 0.29) is 11.3 Å². The molecular formula is C20H26N2OS. The smallest absolute Gasteiger partial charge is 0.232 e. The number of anilines is 1. The number of nitrogens with one attached hydrogen (secondary N) is 2. The molecule has 24 heavy (non-hydrogen) atoms. The van der Waals surface area contributed by atoms with Gasteiger partial charge in [-0.3, -0.25) is 4.79 Å². The molecule has 4 aliphatic carbocycles. The Kier molecular flexibility index (Phi) is 3.91. The van der Waals surface area contributed by atoms with Gasteiger partial charge >= 0.3 is 0 Å². The Hall–Kier alpha value is -1.42. The fraction of sp³-hybridized carbons (Fsp3) is 0.600. The van der Waals surface area contributed by atoms with Crippen LogP contribution in [-0.2, 0) is 4.79 Å². The minimum atomic E-state index is -0.150. The summed E-state index contributed by atoms with van der Waals surface area (Å²) in [6.45, 7) is 4.13. The molecule has 0 spiro atoms. The summed E-state index contributed by atoms with van der Waals surface area (Å²) in [5, 5.41) is 6.62. The van der Waals surface area contributed by atoms with Gasteiger partial charge in [0.1, 0.15) is 0 Å². The molecule has 0 aromatic heterocycles. The van der Waals surface area contributed by atoms with E-state index in [0.717, 1.165) is 42.7 Å². The van der Waals surface area contributed by atoms with Crippen LogP contribution >= 0.6 is 12.2 Å². The fourth-order valence-corrected chi connectivity index (χ4v) is 6.04. The van der Waals surface area contributed by atoms with Crippen molar-refractivity contribution >= 4 is 28.9 Å². The van der Waals surface area contributed by atoms with E-state index >= 15 is 0 Å². The van der Waals surface area contributed by atoms with Crippen molar-refractivity contribution in [1.82, 2.24) is 5.32 Å². The molecule has 3 nitrogen and oxygen atoms in total. The van der Waals surface area contributed by atoms with Crippen LogP contribution < -0.4 is 10.6 Å². The first-order valence-corrected chi connectivity index (χ1v) is 9.53. The van der Waals surface area contributed by atoms with Crippen molar-refractivity contribution in [2.75, 3.05) is 5.32 Å². The van der Waals surface area contributed by atoms with Gasteiger partial charge < -0.3 is 10.6 Å². The normalized spacial score (nSPS) is 33.3.